The molecular weight excluding hydrogens is 326 g/mol. The monoisotopic (exact) mass is 337 g/mol. The molecule has 6 nitrogen and oxygen atoms in total. The third kappa shape index (κ3) is 2.71. The summed E-state index contributed by atoms with van der Waals surface area (Å²) in [5.41, 5.74) is 1.95. The van der Waals surface area contributed by atoms with Crippen LogP contribution in [0.4, 0.5) is 5.69 Å². The molecule has 0 bridgehead atoms. The van der Waals surface area contributed by atoms with Crippen molar-refractivity contribution in [3.63, 3.8) is 0 Å². The van der Waals surface area contributed by atoms with Gasteiger partial charge >= 0.3 is 0 Å². The van der Waals surface area contributed by atoms with Gasteiger partial charge in [0.05, 0.1) is 6.26 Å². The van der Waals surface area contributed by atoms with E-state index in [1.807, 2.05) is 29.6 Å². The van der Waals surface area contributed by atoms with Crippen LogP contribution < -0.4 is 14.8 Å². The van der Waals surface area contributed by atoms with Crippen LogP contribution in [0.1, 0.15) is 5.01 Å². The van der Waals surface area contributed by atoms with E-state index in [-0.39, 0.29) is 6.79 Å². The molecule has 1 aliphatic heterocycles. The maximum atomic E-state index is 9.39. The van der Waals surface area contributed by atoms with Crippen LogP contribution in [0.5, 0.6) is 11.5 Å². The topological polar surface area (TPSA) is 80.3 Å². The molecule has 4 rings (SSSR count). The van der Waals surface area contributed by atoms with Gasteiger partial charge in [0.2, 0.25) is 6.79 Å². The smallest absolute Gasteiger partial charge is 0.231 e. The highest BCUT2D eigenvalue weighted by molar-refractivity contribution is 7.11. The summed E-state index contributed by atoms with van der Waals surface area (Å²) in [5.74, 6) is 2.08. The number of furan rings is 1. The summed E-state index contributed by atoms with van der Waals surface area (Å²) in [6, 6.07) is 11.3. The summed E-state index contributed by atoms with van der Waals surface area (Å²) in [5, 5.41) is 15.0. The second-order valence-electron chi connectivity index (χ2n) is 4.90. The van der Waals surface area contributed by atoms with Gasteiger partial charge in [-0.25, -0.2) is 4.98 Å². The summed E-state index contributed by atoms with van der Waals surface area (Å²) in [7, 11) is 0. The predicted octanol–water partition coefficient (Wildman–Crippen LogP) is 4.11. The van der Waals surface area contributed by atoms with Crippen LogP contribution in [0, 0.1) is 11.3 Å². The van der Waals surface area contributed by atoms with E-state index < -0.39 is 0 Å². The van der Waals surface area contributed by atoms with Gasteiger partial charge in [-0.1, -0.05) is 0 Å². The molecule has 0 spiro atoms. The molecule has 24 heavy (non-hydrogen) atoms. The Morgan fingerprint density at radius 2 is 2.21 bits per heavy atom. The average Bonchev–Trinajstić information content (AvgIpc) is 3.35. The number of thiazole rings is 1. The Kier molecular flexibility index (Phi) is 3.65. The zero-order valence-electron chi connectivity index (χ0n) is 12.4. The molecule has 0 amide bonds. The highest BCUT2D eigenvalue weighted by Gasteiger charge is 2.13. The number of nitriles is 1. The van der Waals surface area contributed by atoms with Crippen LogP contribution in [0.2, 0.25) is 0 Å². The molecular formula is C17H11N3O3S. The first-order valence-electron chi connectivity index (χ1n) is 7.10. The molecule has 3 heterocycles. The van der Waals surface area contributed by atoms with Crippen LogP contribution in [0.25, 0.3) is 17.0 Å². The summed E-state index contributed by atoms with van der Waals surface area (Å²) in [6.45, 7) is 0.229. The summed E-state index contributed by atoms with van der Waals surface area (Å²) in [4.78, 5) is 4.44. The molecule has 0 fully saturated rings. The summed E-state index contributed by atoms with van der Waals surface area (Å²) >= 11 is 1.39. The van der Waals surface area contributed by atoms with Gasteiger partial charge in [0.15, 0.2) is 17.3 Å². The lowest BCUT2D eigenvalue weighted by Crippen LogP contribution is -1.93. The van der Waals surface area contributed by atoms with Crippen molar-refractivity contribution < 1.29 is 13.9 Å². The van der Waals surface area contributed by atoms with Crippen LogP contribution >= 0.6 is 11.3 Å². The van der Waals surface area contributed by atoms with Crippen molar-refractivity contribution in [2.75, 3.05) is 12.1 Å². The predicted molar refractivity (Wildman–Crippen MR) is 89.6 cm³/mol. The number of ether oxygens (including phenoxy) is 2. The van der Waals surface area contributed by atoms with Crippen LogP contribution in [0.3, 0.4) is 0 Å². The number of anilines is 1. The van der Waals surface area contributed by atoms with E-state index in [2.05, 4.69) is 16.4 Å². The molecule has 1 aromatic carbocycles. The maximum Gasteiger partial charge on any atom is 0.231 e. The highest BCUT2D eigenvalue weighted by atomic mass is 32.1. The quantitative estimate of drug-likeness (QED) is 0.722. The lowest BCUT2D eigenvalue weighted by Gasteiger charge is -2.03. The number of fused-ring (bicyclic) bond motifs is 1. The minimum Gasteiger partial charge on any atom is -0.463 e. The zero-order chi connectivity index (χ0) is 16.4. The first-order valence-corrected chi connectivity index (χ1v) is 7.98. The van der Waals surface area contributed by atoms with Crippen molar-refractivity contribution in [3.8, 4) is 29.0 Å². The molecule has 0 saturated heterocycles. The Balaban J connectivity index is 1.55. The fourth-order valence-corrected chi connectivity index (χ4v) is 2.99. The third-order valence-electron chi connectivity index (χ3n) is 3.38. The number of hydrogen-bond donors (Lipinski definition) is 1. The lowest BCUT2D eigenvalue weighted by molar-refractivity contribution is 0.174. The molecule has 7 heteroatoms. The van der Waals surface area contributed by atoms with Crippen LogP contribution in [-0.4, -0.2) is 11.8 Å². The van der Waals surface area contributed by atoms with E-state index in [0.29, 0.717) is 33.5 Å². The minimum atomic E-state index is 0.229. The first kappa shape index (κ1) is 14.4. The Hall–Kier alpha value is -3.24. The molecule has 0 unspecified atom stereocenters. The Bertz CT molecular complexity index is 938. The lowest BCUT2D eigenvalue weighted by atomic mass is 10.2. The standard InChI is InChI=1S/C17H11N3O3S/c18-7-11(17-20-13(9-24-17)14-2-1-5-21-14)8-19-12-3-4-15-16(6-12)23-10-22-15/h1-6,8-9,19H,10H2/b11-8+. The summed E-state index contributed by atoms with van der Waals surface area (Å²) < 4.78 is 15.9. The van der Waals surface area contributed by atoms with E-state index in [0.717, 1.165) is 5.69 Å². The van der Waals surface area contributed by atoms with Gasteiger partial charge in [0.25, 0.3) is 0 Å². The largest absolute Gasteiger partial charge is 0.463 e. The first-order chi connectivity index (χ1) is 11.8. The molecule has 0 saturated carbocycles. The van der Waals surface area contributed by atoms with Crippen LogP contribution in [-0.2, 0) is 0 Å². The van der Waals surface area contributed by atoms with Crippen molar-refractivity contribution >= 4 is 22.6 Å². The second kappa shape index (κ2) is 6.10. The van der Waals surface area contributed by atoms with Gasteiger partial charge in [0, 0.05) is 23.3 Å². The minimum absolute atomic E-state index is 0.229. The van der Waals surface area contributed by atoms with Crippen molar-refractivity contribution in [1.82, 2.24) is 4.98 Å². The van der Waals surface area contributed by atoms with Gasteiger partial charge in [-0.2, -0.15) is 5.26 Å². The zero-order valence-corrected chi connectivity index (χ0v) is 13.2. The molecule has 1 aliphatic rings. The number of nitrogens with zero attached hydrogens (tertiary/aromatic N) is 2. The van der Waals surface area contributed by atoms with E-state index in [1.165, 1.54) is 11.3 Å². The van der Waals surface area contributed by atoms with Gasteiger partial charge in [0.1, 0.15) is 22.3 Å². The highest BCUT2D eigenvalue weighted by Crippen LogP contribution is 2.34. The van der Waals surface area contributed by atoms with Crippen molar-refractivity contribution in [1.29, 1.82) is 5.26 Å². The molecule has 118 valence electrons. The normalized spacial score (nSPS) is 12.9. The van der Waals surface area contributed by atoms with E-state index >= 15 is 0 Å². The van der Waals surface area contributed by atoms with Crippen molar-refractivity contribution in [3.05, 3.63) is 53.2 Å². The Morgan fingerprint density at radius 1 is 1.29 bits per heavy atom. The van der Waals surface area contributed by atoms with Gasteiger partial charge in [-0.05, 0) is 24.3 Å². The van der Waals surface area contributed by atoms with Gasteiger partial charge in [-0.3, -0.25) is 0 Å². The third-order valence-corrected chi connectivity index (χ3v) is 4.26. The van der Waals surface area contributed by atoms with Crippen molar-refractivity contribution in [2.24, 2.45) is 0 Å². The number of nitrogens with one attached hydrogen (secondary N) is 1. The molecule has 0 radical (unpaired) electrons. The van der Waals surface area contributed by atoms with Crippen LogP contribution in [0.15, 0.2) is 52.6 Å². The van der Waals surface area contributed by atoms with E-state index in [4.69, 9.17) is 13.9 Å². The number of hydrogen-bond acceptors (Lipinski definition) is 7. The second-order valence-corrected chi connectivity index (χ2v) is 5.76. The van der Waals surface area contributed by atoms with Gasteiger partial charge in [-0.15, -0.1) is 11.3 Å². The Labute approximate surface area is 141 Å². The van der Waals surface area contributed by atoms with Gasteiger partial charge < -0.3 is 19.2 Å². The average molecular weight is 337 g/mol. The molecule has 2 aromatic heterocycles. The van der Waals surface area contributed by atoms with E-state index in [9.17, 15) is 5.26 Å². The van der Waals surface area contributed by atoms with Crippen molar-refractivity contribution in [2.45, 2.75) is 0 Å². The maximum absolute atomic E-state index is 9.39. The molecule has 0 atom stereocenters. The molecule has 1 N–H and O–H groups in total. The van der Waals surface area contributed by atoms with E-state index in [1.54, 1.807) is 18.5 Å². The number of allylic oxidation sites excluding steroid dienone is 1. The summed E-state index contributed by atoms with van der Waals surface area (Å²) in [6.07, 6.45) is 3.22. The fourth-order valence-electron chi connectivity index (χ4n) is 2.22. The molecule has 3 aromatic rings. The number of aromatic nitrogens is 1. The SMILES string of the molecule is N#C/C(=C\Nc1ccc2c(c1)OCO2)c1nc(-c2ccco2)cs1. The Morgan fingerprint density at radius 3 is 3.04 bits per heavy atom. The number of benzene rings is 1. The molecule has 0 aliphatic carbocycles. The fraction of sp³-hybridized carbons (Fsp3) is 0.0588. The number of rotatable bonds is 4.